The summed E-state index contributed by atoms with van der Waals surface area (Å²) in [4.78, 5) is 8.12. The van der Waals surface area contributed by atoms with Crippen molar-refractivity contribution in [1.82, 2.24) is 9.97 Å². The zero-order valence-electron chi connectivity index (χ0n) is 6.99. The average Bonchev–Trinajstić information content (AvgIpc) is 2.16. The molecule has 0 aliphatic carbocycles. The molecule has 4 heteroatoms. The normalized spacial score (nSPS) is 10.3. The van der Waals surface area contributed by atoms with E-state index < -0.39 is 0 Å². The van der Waals surface area contributed by atoms with Crippen LogP contribution in [0.2, 0.25) is 5.02 Å². The van der Waals surface area contributed by atoms with Gasteiger partial charge in [-0.25, -0.2) is 4.98 Å². The number of hydrogen-bond donors (Lipinski definition) is 0. The van der Waals surface area contributed by atoms with E-state index in [1.54, 1.807) is 18.3 Å². The highest BCUT2D eigenvalue weighted by atomic mass is 35.5. The number of ether oxygens (including phenoxy) is 1. The van der Waals surface area contributed by atoms with Gasteiger partial charge in [0.1, 0.15) is 0 Å². The van der Waals surface area contributed by atoms with Crippen LogP contribution in [0.5, 0.6) is 6.01 Å². The monoisotopic (exact) mass is 194 g/mol. The number of hydrogen-bond acceptors (Lipinski definition) is 3. The van der Waals surface area contributed by atoms with E-state index in [-0.39, 0.29) is 0 Å². The van der Waals surface area contributed by atoms with Crippen LogP contribution in [0.15, 0.2) is 24.4 Å². The van der Waals surface area contributed by atoms with E-state index in [0.29, 0.717) is 11.0 Å². The third kappa shape index (κ3) is 1.55. The number of halogens is 1. The molecule has 0 spiro atoms. The number of fused-ring (bicyclic) bond motifs is 1. The molecule has 0 unspecified atom stereocenters. The standard InChI is InChI=1S/C9H7ClN2O/c1-13-9-11-5-6-2-3-7(10)4-8(6)12-9/h2-5H,1H3. The SMILES string of the molecule is COc1ncc2ccc(Cl)cc2n1. The van der Waals surface area contributed by atoms with Crippen LogP contribution in [0.4, 0.5) is 0 Å². The molecule has 0 aliphatic heterocycles. The minimum Gasteiger partial charge on any atom is -0.467 e. The summed E-state index contributed by atoms with van der Waals surface area (Å²) < 4.78 is 4.90. The van der Waals surface area contributed by atoms with E-state index in [1.807, 2.05) is 6.07 Å². The Labute approximate surface area is 80.3 Å². The number of benzene rings is 1. The second-order valence-electron chi connectivity index (χ2n) is 2.56. The quantitative estimate of drug-likeness (QED) is 0.699. The Hall–Kier alpha value is -1.35. The first-order valence-electron chi connectivity index (χ1n) is 3.76. The Bertz CT molecular complexity index is 445. The van der Waals surface area contributed by atoms with Gasteiger partial charge in [0.2, 0.25) is 0 Å². The predicted molar refractivity (Wildman–Crippen MR) is 51.1 cm³/mol. The Morgan fingerprint density at radius 3 is 3.00 bits per heavy atom. The van der Waals surface area contributed by atoms with Crippen LogP contribution in [0.25, 0.3) is 10.9 Å². The maximum absolute atomic E-state index is 5.81. The lowest BCUT2D eigenvalue weighted by Crippen LogP contribution is -1.91. The van der Waals surface area contributed by atoms with Gasteiger partial charge in [0, 0.05) is 16.6 Å². The fourth-order valence-electron chi connectivity index (χ4n) is 1.08. The fourth-order valence-corrected chi connectivity index (χ4v) is 1.24. The zero-order valence-corrected chi connectivity index (χ0v) is 7.75. The minimum atomic E-state index is 0.356. The van der Waals surface area contributed by atoms with Crippen LogP contribution >= 0.6 is 11.6 Å². The summed E-state index contributed by atoms with van der Waals surface area (Å²) >= 11 is 5.81. The molecule has 0 bridgehead atoms. The fraction of sp³-hybridized carbons (Fsp3) is 0.111. The summed E-state index contributed by atoms with van der Waals surface area (Å²) in [6.45, 7) is 0. The van der Waals surface area contributed by atoms with E-state index >= 15 is 0 Å². The van der Waals surface area contributed by atoms with Crippen LogP contribution in [0.1, 0.15) is 0 Å². The Morgan fingerprint density at radius 1 is 1.38 bits per heavy atom. The van der Waals surface area contributed by atoms with Crippen LogP contribution in [0.3, 0.4) is 0 Å². The molecular weight excluding hydrogens is 188 g/mol. The van der Waals surface area contributed by atoms with Crippen molar-refractivity contribution in [2.75, 3.05) is 7.11 Å². The zero-order chi connectivity index (χ0) is 9.26. The Kier molecular flexibility index (Phi) is 2.02. The molecule has 0 atom stereocenters. The van der Waals surface area contributed by atoms with E-state index in [9.17, 15) is 0 Å². The van der Waals surface area contributed by atoms with Crippen LogP contribution in [-0.4, -0.2) is 17.1 Å². The summed E-state index contributed by atoms with van der Waals surface area (Å²) in [5.74, 6) is 0. The molecule has 2 rings (SSSR count). The van der Waals surface area contributed by atoms with Crippen molar-refractivity contribution in [1.29, 1.82) is 0 Å². The first-order chi connectivity index (χ1) is 6.29. The number of nitrogens with zero attached hydrogens (tertiary/aromatic N) is 2. The van der Waals surface area contributed by atoms with Gasteiger partial charge in [-0.3, -0.25) is 0 Å². The molecule has 1 heterocycles. The number of methoxy groups -OCH3 is 1. The topological polar surface area (TPSA) is 35.0 Å². The van der Waals surface area contributed by atoms with Gasteiger partial charge >= 0.3 is 6.01 Å². The largest absolute Gasteiger partial charge is 0.467 e. The van der Waals surface area contributed by atoms with Gasteiger partial charge in [0.05, 0.1) is 12.6 Å². The van der Waals surface area contributed by atoms with Crippen molar-refractivity contribution < 1.29 is 4.74 Å². The lowest BCUT2D eigenvalue weighted by atomic mass is 10.2. The molecule has 3 nitrogen and oxygen atoms in total. The number of rotatable bonds is 1. The van der Waals surface area contributed by atoms with E-state index in [0.717, 1.165) is 10.9 Å². The Balaban J connectivity index is 2.68. The molecule has 0 radical (unpaired) electrons. The van der Waals surface area contributed by atoms with Gasteiger partial charge in [-0.1, -0.05) is 11.6 Å². The third-order valence-electron chi connectivity index (χ3n) is 1.71. The minimum absolute atomic E-state index is 0.356. The smallest absolute Gasteiger partial charge is 0.316 e. The highest BCUT2D eigenvalue weighted by molar-refractivity contribution is 6.31. The molecule has 0 aliphatic rings. The molecule has 0 N–H and O–H groups in total. The molecular formula is C9H7ClN2O. The molecule has 2 aromatic rings. The summed E-state index contributed by atoms with van der Waals surface area (Å²) in [5, 5.41) is 1.61. The summed E-state index contributed by atoms with van der Waals surface area (Å²) in [6, 6.07) is 5.81. The predicted octanol–water partition coefficient (Wildman–Crippen LogP) is 2.29. The maximum atomic E-state index is 5.81. The maximum Gasteiger partial charge on any atom is 0.316 e. The first kappa shape index (κ1) is 8.26. The van der Waals surface area contributed by atoms with Crippen molar-refractivity contribution in [3.63, 3.8) is 0 Å². The van der Waals surface area contributed by atoms with Crippen LogP contribution < -0.4 is 4.74 Å². The molecule has 0 fully saturated rings. The number of aromatic nitrogens is 2. The van der Waals surface area contributed by atoms with Gasteiger partial charge < -0.3 is 4.74 Å². The molecule has 13 heavy (non-hydrogen) atoms. The van der Waals surface area contributed by atoms with E-state index in [4.69, 9.17) is 16.3 Å². The molecule has 0 amide bonds. The summed E-state index contributed by atoms with van der Waals surface area (Å²) in [5.41, 5.74) is 0.791. The molecule has 66 valence electrons. The van der Waals surface area contributed by atoms with Crippen molar-refractivity contribution in [3.8, 4) is 6.01 Å². The van der Waals surface area contributed by atoms with Gasteiger partial charge in [0.25, 0.3) is 0 Å². The molecule has 0 saturated heterocycles. The average molecular weight is 195 g/mol. The van der Waals surface area contributed by atoms with Crippen LogP contribution in [-0.2, 0) is 0 Å². The van der Waals surface area contributed by atoms with Crippen LogP contribution in [0, 0.1) is 0 Å². The first-order valence-corrected chi connectivity index (χ1v) is 4.14. The van der Waals surface area contributed by atoms with Gasteiger partial charge in [0.15, 0.2) is 0 Å². The second kappa shape index (κ2) is 3.18. The van der Waals surface area contributed by atoms with Gasteiger partial charge in [-0.15, -0.1) is 0 Å². The Morgan fingerprint density at radius 2 is 2.23 bits per heavy atom. The second-order valence-corrected chi connectivity index (χ2v) is 3.00. The van der Waals surface area contributed by atoms with Gasteiger partial charge in [-0.05, 0) is 18.2 Å². The van der Waals surface area contributed by atoms with Crippen molar-refractivity contribution >= 4 is 22.5 Å². The third-order valence-corrected chi connectivity index (χ3v) is 1.94. The van der Waals surface area contributed by atoms with E-state index in [1.165, 1.54) is 7.11 Å². The molecule has 0 saturated carbocycles. The van der Waals surface area contributed by atoms with Crippen molar-refractivity contribution in [2.24, 2.45) is 0 Å². The highest BCUT2D eigenvalue weighted by Crippen LogP contribution is 2.18. The summed E-state index contributed by atoms with van der Waals surface area (Å²) in [6.07, 6.45) is 1.71. The van der Waals surface area contributed by atoms with Crippen molar-refractivity contribution in [2.45, 2.75) is 0 Å². The van der Waals surface area contributed by atoms with E-state index in [2.05, 4.69) is 9.97 Å². The summed E-state index contributed by atoms with van der Waals surface area (Å²) in [7, 11) is 1.53. The lowest BCUT2D eigenvalue weighted by Gasteiger charge is -1.99. The van der Waals surface area contributed by atoms with Crippen molar-refractivity contribution in [3.05, 3.63) is 29.4 Å². The molecule has 1 aromatic heterocycles. The molecule has 1 aromatic carbocycles. The highest BCUT2D eigenvalue weighted by Gasteiger charge is 1.99. The van der Waals surface area contributed by atoms with Gasteiger partial charge in [-0.2, -0.15) is 4.98 Å². The lowest BCUT2D eigenvalue weighted by molar-refractivity contribution is 0.382.